The summed E-state index contributed by atoms with van der Waals surface area (Å²) in [6, 6.07) is 4.16. The summed E-state index contributed by atoms with van der Waals surface area (Å²) in [4.78, 5) is 0. The van der Waals surface area contributed by atoms with E-state index in [0.29, 0.717) is 5.92 Å². The molecule has 0 bridgehead atoms. The monoisotopic (exact) mass is 173 g/mol. The van der Waals surface area contributed by atoms with Gasteiger partial charge >= 0.3 is 0 Å². The maximum Gasteiger partial charge on any atom is 0.0219 e. The first kappa shape index (κ1) is 8.36. The maximum atomic E-state index is 2.27. The average molecular weight is 173 g/mol. The first-order valence-corrected chi connectivity index (χ1v) is 4.91. The molecule has 0 aliphatic heterocycles. The Morgan fingerprint density at radius 1 is 1.00 bits per heavy atom. The minimum atomic E-state index is 0.690. The normalized spacial score (nSPS) is 15.7. The summed E-state index contributed by atoms with van der Waals surface area (Å²) in [6.45, 7) is 1.14. The van der Waals surface area contributed by atoms with Gasteiger partial charge in [0, 0.05) is 18.9 Å². The maximum absolute atomic E-state index is 2.27. The SMILES string of the molecule is C1=CC(CCCn2cccc2)C=C1. The van der Waals surface area contributed by atoms with Crippen molar-refractivity contribution in [2.24, 2.45) is 5.92 Å². The Bertz CT molecular complexity index is 281. The fraction of sp³-hybridized carbons (Fsp3) is 0.333. The largest absolute Gasteiger partial charge is 0.354 e. The quantitative estimate of drug-likeness (QED) is 0.659. The summed E-state index contributed by atoms with van der Waals surface area (Å²) in [6.07, 6.45) is 15.6. The zero-order chi connectivity index (χ0) is 8.93. The second-order valence-electron chi connectivity index (χ2n) is 3.50. The van der Waals surface area contributed by atoms with Crippen LogP contribution in [0.2, 0.25) is 0 Å². The molecule has 2 rings (SSSR count). The van der Waals surface area contributed by atoms with Crippen molar-refractivity contribution in [3.63, 3.8) is 0 Å². The van der Waals surface area contributed by atoms with E-state index in [-0.39, 0.29) is 0 Å². The van der Waals surface area contributed by atoms with E-state index < -0.39 is 0 Å². The second kappa shape index (κ2) is 4.13. The zero-order valence-electron chi connectivity index (χ0n) is 7.76. The van der Waals surface area contributed by atoms with Gasteiger partial charge in [-0.2, -0.15) is 0 Å². The van der Waals surface area contributed by atoms with Gasteiger partial charge in [-0.1, -0.05) is 24.3 Å². The van der Waals surface area contributed by atoms with Crippen LogP contribution in [0.3, 0.4) is 0 Å². The molecule has 0 aromatic carbocycles. The highest BCUT2D eigenvalue weighted by Gasteiger charge is 2.02. The molecule has 0 unspecified atom stereocenters. The molecular weight excluding hydrogens is 158 g/mol. The summed E-state index contributed by atoms with van der Waals surface area (Å²) in [5.41, 5.74) is 0. The Labute approximate surface area is 79.4 Å². The van der Waals surface area contributed by atoms with Crippen LogP contribution in [0.1, 0.15) is 12.8 Å². The van der Waals surface area contributed by atoms with Crippen LogP contribution in [-0.4, -0.2) is 4.57 Å². The lowest BCUT2D eigenvalue weighted by molar-refractivity contribution is 0.575. The van der Waals surface area contributed by atoms with Gasteiger partial charge in [0.25, 0.3) is 0 Å². The van der Waals surface area contributed by atoms with Crippen molar-refractivity contribution < 1.29 is 0 Å². The van der Waals surface area contributed by atoms with Crippen molar-refractivity contribution in [1.82, 2.24) is 4.57 Å². The lowest BCUT2D eigenvalue weighted by Gasteiger charge is -2.05. The molecule has 0 saturated heterocycles. The molecule has 0 spiro atoms. The van der Waals surface area contributed by atoms with Gasteiger partial charge in [0.05, 0.1) is 0 Å². The lowest BCUT2D eigenvalue weighted by Crippen LogP contribution is -1.97. The first-order chi connectivity index (χ1) is 6.45. The predicted molar refractivity (Wildman–Crippen MR) is 55.4 cm³/mol. The van der Waals surface area contributed by atoms with Gasteiger partial charge in [-0.3, -0.25) is 0 Å². The molecule has 1 heterocycles. The number of hydrogen-bond acceptors (Lipinski definition) is 0. The first-order valence-electron chi connectivity index (χ1n) is 4.91. The lowest BCUT2D eigenvalue weighted by atomic mass is 10.1. The number of allylic oxidation sites excluding steroid dienone is 4. The van der Waals surface area contributed by atoms with Crippen LogP contribution in [0.5, 0.6) is 0 Å². The van der Waals surface area contributed by atoms with Crippen LogP contribution >= 0.6 is 0 Å². The molecule has 1 nitrogen and oxygen atoms in total. The highest BCUT2D eigenvalue weighted by molar-refractivity contribution is 5.17. The van der Waals surface area contributed by atoms with E-state index >= 15 is 0 Å². The summed E-state index contributed by atoms with van der Waals surface area (Å²) >= 11 is 0. The highest BCUT2D eigenvalue weighted by atomic mass is 14.9. The van der Waals surface area contributed by atoms with Crippen LogP contribution in [0.25, 0.3) is 0 Å². The topological polar surface area (TPSA) is 4.93 Å². The molecule has 1 aromatic heterocycles. The van der Waals surface area contributed by atoms with Crippen LogP contribution in [0, 0.1) is 5.92 Å². The van der Waals surface area contributed by atoms with Crippen molar-refractivity contribution >= 4 is 0 Å². The smallest absolute Gasteiger partial charge is 0.0219 e. The molecule has 0 N–H and O–H groups in total. The third kappa shape index (κ3) is 2.35. The van der Waals surface area contributed by atoms with Gasteiger partial charge in [-0.05, 0) is 30.9 Å². The molecule has 1 aliphatic rings. The van der Waals surface area contributed by atoms with Gasteiger partial charge in [0.2, 0.25) is 0 Å². The van der Waals surface area contributed by atoms with E-state index in [4.69, 9.17) is 0 Å². The van der Waals surface area contributed by atoms with Gasteiger partial charge < -0.3 is 4.57 Å². The molecule has 1 aromatic rings. The van der Waals surface area contributed by atoms with Crippen LogP contribution < -0.4 is 0 Å². The Balaban J connectivity index is 1.69. The molecule has 0 atom stereocenters. The van der Waals surface area contributed by atoms with E-state index in [0.717, 1.165) is 6.54 Å². The van der Waals surface area contributed by atoms with Crippen molar-refractivity contribution in [2.45, 2.75) is 19.4 Å². The Kier molecular flexibility index (Phi) is 2.65. The van der Waals surface area contributed by atoms with Crippen molar-refractivity contribution in [3.8, 4) is 0 Å². The molecule has 1 aliphatic carbocycles. The molecule has 1 heteroatoms. The summed E-state index contributed by atoms with van der Waals surface area (Å²) in [5, 5.41) is 0. The summed E-state index contributed by atoms with van der Waals surface area (Å²) in [5.74, 6) is 0.690. The highest BCUT2D eigenvalue weighted by Crippen LogP contribution is 2.15. The minimum absolute atomic E-state index is 0.690. The molecular formula is C12H15N. The van der Waals surface area contributed by atoms with E-state index in [9.17, 15) is 0 Å². The number of hydrogen-bond donors (Lipinski definition) is 0. The summed E-state index contributed by atoms with van der Waals surface area (Å²) < 4.78 is 2.24. The molecule has 0 amide bonds. The third-order valence-electron chi connectivity index (χ3n) is 2.45. The molecule has 68 valence electrons. The van der Waals surface area contributed by atoms with Gasteiger partial charge in [-0.25, -0.2) is 0 Å². The Morgan fingerprint density at radius 2 is 1.69 bits per heavy atom. The van der Waals surface area contributed by atoms with Crippen LogP contribution in [0.4, 0.5) is 0 Å². The number of aryl methyl sites for hydroxylation is 1. The van der Waals surface area contributed by atoms with E-state index in [1.165, 1.54) is 12.8 Å². The second-order valence-corrected chi connectivity index (χ2v) is 3.50. The Hall–Kier alpha value is -1.24. The van der Waals surface area contributed by atoms with Gasteiger partial charge in [0.15, 0.2) is 0 Å². The van der Waals surface area contributed by atoms with Gasteiger partial charge in [-0.15, -0.1) is 0 Å². The zero-order valence-corrected chi connectivity index (χ0v) is 7.76. The van der Waals surface area contributed by atoms with Crippen molar-refractivity contribution in [1.29, 1.82) is 0 Å². The van der Waals surface area contributed by atoms with Gasteiger partial charge in [0.1, 0.15) is 0 Å². The average Bonchev–Trinajstić information content (AvgIpc) is 2.75. The van der Waals surface area contributed by atoms with Crippen molar-refractivity contribution in [3.05, 3.63) is 48.8 Å². The van der Waals surface area contributed by atoms with E-state index in [1.54, 1.807) is 0 Å². The number of rotatable bonds is 4. The molecule has 0 radical (unpaired) electrons. The standard InChI is InChI=1S/C12H15N/c1-2-7-12(6-1)8-5-11-13-9-3-4-10-13/h1-4,6-7,9-10,12H,5,8,11H2. The minimum Gasteiger partial charge on any atom is -0.354 e. The van der Waals surface area contributed by atoms with Crippen LogP contribution in [-0.2, 0) is 6.54 Å². The van der Waals surface area contributed by atoms with Crippen molar-refractivity contribution in [2.75, 3.05) is 0 Å². The number of aromatic nitrogens is 1. The molecule has 13 heavy (non-hydrogen) atoms. The van der Waals surface area contributed by atoms with Crippen LogP contribution in [0.15, 0.2) is 48.8 Å². The fourth-order valence-electron chi connectivity index (χ4n) is 1.70. The van der Waals surface area contributed by atoms with E-state index in [1.807, 2.05) is 0 Å². The number of nitrogens with zero attached hydrogens (tertiary/aromatic N) is 1. The molecule has 0 saturated carbocycles. The summed E-state index contributed by atoms with van der Waals surface area (Å²) in [7, 11) is 0. The van der Waals surface area contributed by atoms with E-state index in [2.05, 4.69) is 53.4 Å². The third-order valence-corrected chi connectivity index (χ3v) is 2.45. The Morgan fingerprint density at radius 3 is 2.38 bits per heavy atom. The molecule has 0 fully saturated rings. The predicted octanol–water partition coefficient (Wildman–Crippen LogP) is 3.01. The fourth-order valence-corrected chi connectivity index (χ4v) is 1.70.